The average Bonchev–Trinajstić information content (AvgIpc) is 2.93. The number of rotatable bonds is 4. The highest BCUT2D eigenvalue weighted by molar-refractivity contribution is 5.41. The van der Waals surface area contributed by atoms with Crippen LogP contribution < -0.4 is 10.1 Å². The van der Waals surface area contributed by atoms with E-state index in [2.05, 4.69) is 27.4 Å². The van der Waals surface area contributed by atoms with Gasteiger partial charge in [-0.15, -0.1) is 0 Å². The van der Waals surface area contributed by atoms with E-state index in [1.54, 1.807) is 13.3 Å². The molecule has 2 aromatic rings. The number of anilines is 1. The smallest absolute Gasteiger partial charge is 0.213 e. The zero-order valence-corrected chi connectivity index (χ0v) is 11.0. The van der Waals surface area contributed by atoms with Crippen molar-refractivity contribution in [3.8, 4) is 5.88 Å². The summed E-state index contributed by atoms with van der Waals surface area (Å²) in [6, 6.07) is 8.15. The van der Waals surface area contributed by atoms with Gasteiger partial charge in [-0.05, 0) is 42.5 Å². The topological polar surface area (TPSA) is 47.0 Å². The molecule has 1 aliphatic rings. The van der Waals surface area contributed by atoms with Crippen molar-refractivity contribution in [2.24, 2.45) is 0 Å². The van der Waals surface area contributed by atoms with E-state index in [1.807, 2.05) is 12.1 Å². The first-order valence-corrected chi connectivity index (χ1v) is 6.57. The minimum atomic E-state index is 0.640. The number of hydrogen-bond donors (Lipinski definition) is 1. The van der Waals surface area contributed by atoms with Gasteiger partial charge in [0.05, 0.1) is 7.11 Å². The van der Waals surface area contributed by atoms with Gasteiger partial charge in [0.25, 0.3) is 0 Å². The third-order valence-corrected chi connectivity index (χ3v) is 3.41. The molecule has 0 aromatic carbocycles. The van der Waals surface area contributed by atoms with Gasteiger partial charge in [-0.1, -0.05) is 6.07 Å². The summed E-state index contributed by atoms with van der Waals surface area (Å²) in [4.78, 5) is 8.75. The highest BCUT2D eigenvalue weighted by Crippen LogP contribution is 2.21. The first-order valence-electron chi connectivity index (χ1n) is 6.57. The van der Waals surface area contributed by atoms with Crippen molar-refractivity contribution in [3.05, 3.63) is 47.3 Å². The summed E-state index contributed by atoms with van der Waals surface area (Å²) >= 11 is 0. The van der Waals surface area contributed by atoms with Gasteiger partial charge in [-0.25, -0.2) is 9.97 Å². The first kappa shape index (κ1) is 12.0. The van der Waals surface area contributed by atoms with Crippen LogP contribution in [0.1, 0.15) is 23.2 Å². The molecule has 0 saturated carbocycles. The molecule has 1 aliphatic carbocycles. The minimum Gasteiger partial charge on any atom is -0.481 e. The van der Waals surface area contributed by atoms with Crippen molar-refractivity contribution in [3.63, 3.8) is 0 Å². The fourth-order valence-corrected chi connectivity index (χ4v) is 2.38. The van der Waals surface area contributed by atoms with Crippen molar-refractivity contribution < 1.29 is 4.74 Å². The van der Waals surface area contributed by atoms with Crippen molar-refractivity contribution in [1.82, 2.24) is 9.97 Å². The molecule has 19 heavy (non-hydrogen) atoms. The van der Waals surface area contributed by atoms with Crippen LogP contribution in [0, 0.1) is 0 Å². The molecular formula is C15H17N3O. The van der Waals surface area contributed by atoms with Gasteiger partial charge in [-0.3, -0.25) is 0 Å². The summed E-state index contributed by atoms with van der Waals surface area (Å²) in [5, 5.41) is 3.35. The van der Waals surface area contributed by atoms with Crippen LogP contribution in [0.5, 0.6) is 5.88 Å². The molecule has 0 fully saturated rings. The molecule has 3 rings (SSSR count). The molecule has 0 atom stereocenters. The second-order valence-electron chi connectivity index (χ2n) is 4.72. The Labute approximate surface area is 112 Å². The van der Waals surface area contributed by atoms with E-state index in [9.17, 15) is 0 Å². The largest absolute Gasteiger partial charge is 0.481 e. The number of hydrogen-bond acceptors (Lipinski definition) is 4. The standard InChI is InChI=1S/C15H17N3O/c1-19-15-9-11(7-8-16-15)10-17-14-6-5-12-3-2-4-13(12)18-14/h5-9H,2-4,10H2,1H3,(H,17,18). The van der Waals surface area contributed by atoms with Crippen molar-refractivity contribution in [2.75, 3.05) is 12.4 Å². The Morgan fingerprint density at radius 2 is 2.21 bits per heavy atom. The minimum absolute atomic E-state index is 0.640. The molecule has 0 spiro atoms. The summed E-state index contributed by atoms with van der Waals surface area (Å²) in [6.45, 7) is 0.727. The molecule has 0 bridgehead atoms. The van der Waals surface area contributed by atoms with Gasteiger partial charge in [-0.2, -0.15) is 0 Å². The number of ether oxygens (including phenoxy) is 1. The first-order chi connectivity index (χ1) is 9.35. The normalized spacial score (nSPS) is 13.1. The molecule has 0 radical (unpaired) electrons. The van der Waals surface area contributed by atoms with E-state index < -0.39 is 0 Å². The number of methoxy groups -OCH3 is 1. The summed E-state index contributed by atoms with van der Waals surface area (Å²) in [5.41, 5.74) is 3.78. The fraction of sp³-hybridized carbons (Fsp3) is 0.333. The fourth-order valence-electron chi connectivity index (χ4n) is 2.38. The van der Waals surface area contributed by atoms with Gasteiger partial charge in [0, 0.05) is 24.5 Å². The Bertz CT molecular complexity index is 583. The predicted molar refractivity (Wildman–Crippen MR) is 74.4 cm³/mol. The van der Waals surface area contributed by atoms with Gasteiger partial charge in [0.1, 0.15) is 5.82 Å². The zero-order chi connectivity index (χ0) is 13.1. The van der Waals surface area contributed by atoms with E-state index in [4.69, 9.17) is 4.74 Å². The van der Waals surface area contributed by atoms with Crippen LogP contribution in [0.4, 0.5) is 5.82 Å². The molecule has 0 unspecified atom stereocenters. The SMILES string of the molecule is COc1cc(CNc2ccc3c(n2)CCC3)ccn1. The van der Waals surface area contributed by atoms with E-state index in [0.717, 1.165) is 24.3 Å². The number of fused-ring (bicyclic) bond motifs is 1. The van der Waals surface area contributed by atoms with Crippen LogP contribution in [0.3, 0.4) is 0 Å². The molecule has 4 heteroatoms. The van der Waals surface area contributed by atoms with Crippen molar-refractivity contribution in [2.45, 2.75) is 25.8 Å². The Balaban J connectivity index is 1.68. The third-order valence-electron chi connectivity index (χ3n) is 3.41. The van der Waals surface area contributed by atoms with Crippen LogP contribution in [0.2, 0.25) is 0 Å². The maximum Gasteiger partial charge on any atom is 0.213 e. The molecule has 2 heterocycles. The highest BCUT2D eigenvalue weighted by Gasteiger charge is 2.12. The van der Waals surface area contributed by atoms with Gasteiger partial charge < -0.3 is 10.1 Å². The Morgan fingerprint density at radius 3 is 3.11 bits per heavy atom. The van der Waals surface area contributed by atoms with Crippen LogP contribution in [-0.4, -0.2) is 17.1 Å². The Morgan fingerprint density at radius 1 is 1.26 bits per heavy atom. The number of aryl methyl sites for hydroxylation is 2. The highest BCUT2D eigenvalue weighted by atomic mass is 16.5. The zero-order valence-electron chi connectivity index (χ0n) is 11.0. The number of nitrogens with one attached hydrogen (secondary N) is 1. The Kier molecular flexibility index (Phi) is 3.31. The van der Waals surface area contributed by atoms with Crippen LogP contribution in [-0.2, 0) is 19.4 Å². The van der Waals surface area contributed by atoms with Crippen LogP contribution in [0.15, 0.2) is 30.5 Å². The summed E-state index contributed by atoms with van der Waals surface area (Å²) < 4.78 is 5.11. The lowest BCUT2D eigenvalue weighted by atomic mass is 10.2. The van der Waals surface area contributed by atoms with E-state index >= 15 is 0 Å². The molecular weight excluding hydrogens is 238 g/mol. The lowest BCUT2D eigenvalue weighted by Crippen LogP contribution is -2.03. The van der Waals surface area contributed by atoms with Crippen molar-refractivity contribution >= 4 is 5.82 Å². The molecule has 98 valence electrons. The quantitative estimate of drug-likeness (QED) is 0.912. The maximum absolute atomic E-state index is 5.11. The van der Waals surface area contributed by atoms with E-state index in [1.165, 1.54) is 24.1 Å². The molecule has 1 N–H and O–H groups in total. The van der Waals surface area contributed by atoms with Gasteiger partial charge in [0.2, 0.25) is 5.88 Å². The molecule has 0 saturated heterocycles. The van der Waals surface area contributed by atoms with E-state index in [-0.39, 0.29) is 0 Å². The lowest BCUT2D eigenvalue weighted by molar-refractivity contribution is 0.397. The second kappa shape index (κ2) is 5.26. The number of aromatic nitrogens is 2. The van der Waals surface area contributed by atoms with Gasteiger partial charge in [0.15, 0.2) is 0 Å². The summed E-state index contributed by atoms with van der Waals surface area (Å²) in [7, 11) is 1.63. The molecule has 4 nitrogen and oxygen atoms in total. The molecule has 0 amide bonds. The van der Waals surface area contributed by atoms with E-state index in [0.29, 0.717) is 5.88 Å². The Hall–Kier alpha value is -2.10. The maximum atomic E-state index is 5.11. The summed E-state index contributed by atoms with van der Waals surface area (Å²) in [6.07, 6.45) is 5.26. The number of nitrogens with zero attached hydrogens (tertiary/aromatic N) is 2. The van der Waals surface area contributed by atoms with Gasteiger partial charge >= 0.3 is 0 Å². The second-order valence-corrected chi connectivity index (χ2v) is 4.72. The summed E-state index contributed by atoms with van der Waals surface area (Å²) in [5.74, 6) is 1.58. The lowest BCUT2D eigenvalue weighted by Gasteiger charge is -2.08. The molecule has 2 aromatic heterocycles. The predicted octanol–water partition coefficient (Wildman–Crippen LogP) is 2.59. The molecule has 0 aliphatic heterocycles. The van der Waals surface area contributed by atoms with Crippen LogP contribution in [0.25, 0.3) is 0 Å². The number of pyridine rings is 2. The third kappa shape index (κ3) is 2.67. The average molecular weight is 255 g/mol. The van der Waals surface area contributed by atoms with Crippen molar-refractivity contribution in [1.29, 1.82) is 0 Å². The monoisotopic (exact) mass is 255 g/mol. The van der Waals surface area contributed by atoms with Crippen LogP contribution >= 0.6 is 0 Å².